The second kappa shape index (κ2) is 4.78. The lowest BCUT2D eigenvalue weighted by molar-refractivity contribution is 0.677. The first-order chi connectivity index (χ1) is 10.3. The number of hydrogen-bond donors (Lipinski definition) is 2. The molecule has 0 saturated heterocycles. The first kappa shape index (κ1) is 12.2. The van der Waals surface area contributed by atoms with Crippen LogP contribution in [0.15, 0.2) is 48.0 Å². The van der Waals surface area contributed by atoms with Crippen LogP contribution in [0.3, 0.4) is 0 Å². The van der Waals surface area contributed by atoms with E-state index in [2.05, 4.69) is 24.9 Å². The topological polar surface area (TPSA) is 87.3 Å². The van der Waals surface area contributed by atoms with E-state index in [0.717, 1.165) is 27.8 Å². The Hall–Kier alpha value is -2.54. The lowest BCUT2D eigenvalue weighted by Crippen LogP contribution is -2.00. The molecule has 0 amide bonds. The molecule has 1 unspecified atom stereocenters. The summed E-state index contributed by atoms with van der Waals surface area (Å²) in [6.45, 7) is 0. The number of imidazole rings is 2. The normalized spacial score (nSPS) is 13.0. The first-order valence-electron chi connectivity index (χ1n) is 6.41. The highest BCUT2D eigenvalue weighted by molar-refractivity contribution is 7.84. The number of pyridine rings is 1. The standard InChI is InChI=1S/C14H11N5OS/c20-21(14-18-10-3-1-2-4-11(10)19-14)7-9-5-12-13(6-15-9)17-8-16-12/h1-6,8H,7H2,(H,16,17)(H,18,19). The van der Waals surface area contributed by atoms with Crippen LogP contribution in [0.5, 0.6) is 0 Å². The zero-order chi connectivity index (χ0) is 14.2. The molecular weight excluding hydrogens is 286 g/mol. The molecule has 0 aliphatic heterocycles. The molecule has 0 spiro atoms. The second-order valence-electron chi connectivity index (χ2n) is 4.64. The number of para-hydroxylation sites is 2. The fourth-order valence-corrected chi connectivity index (χ4v) is 3.18. The van der Waals surface area contributed by atoms with Crippen LogP contribution in [0.4, 0.5) is 0 Å². The number of hydrogen-bond acceptors (Lipinski definition) is 4. The number of aromatic amines is 2. The van der Waals surface area contributed by atoms with Gasteiger partial charge >= 0.3 is 0 Å². The zero-order valence-corrected chi connectivity index (χ0v) is 11.7. The van der Waals surface area contributed by atoms with Crippen molar-refractivity contribution in [1.82, 2.24) is 24.9 Å². The molecular formula is C14H11N5OS. The Morgan fingerprint density at radius 1 is 1.10 bits per heavy atom. The van der Waals surface area contributed by atoms with Crippen molar-refractivity contribution < 1.29 is 4.21 Å². The Morgan fingerprint density at radius 2 is 2.00 bits per heavy atom. The van der Waals surface area contributed by atoms with Crippen LogP contribution in [0.2, 0.25) is 0 Å². The van der Waals surface area contributed by atoms with Gasteiger partial charge in [0, 0.05) is 0 Å². The average Bonchev–Trinajstić information content (AvgIpc) is 3.13. The molecule has 0 bridgehead atoms. The van der Waals surface area contributed by atoms with Crippen molar-refractivity contribution in [2.75, 3.05) is 0 Å². The second-order valence-corrected chi connectivity index (χ2v) is 6.01. The molecule has 0 saturated carbocycles. The molecule has 6 nitrogen and oxygen atoms in total. The van der Waals surface area contributed by atoms with Crippen molar-refractivity contribution >= 4 is 32.9 Å². The summed E-state index contributed by atoms with van der Waals surface area (Å²) in [5.41, 5.74) is 4.12. The predicted molar refractivity (Wildman–Crippen MR) is 80.1 cm³/mol. The number of nitrogens with one attached hydrogen (secondary N) is 2. The van der Waals surface area contributed by atoms with E-state index in [0.29, 0.717) is 10.9 Å². The molecule has 1 atom stereocenters. The third-order valence-electron chi connectivity index (χ3n) is 3.22. The van der Waals surface area contributed by atoms with E-state index in [1.165, 1.54) is 0 Å². The molecule has 4 aromatic rings. The van der Waals surface area contributed by atoms with E-state index < -0.39 is 10.8 Å². The van der Waals surface area contributed by atoms with Crippen molar-refractivity contribution in [3.8, 4) is 0 Å². The summed E-state index contributed by atoms with van der Waals surface area (Å²) in [5.74, 6) is 0.308. The molecule has 4 rings (SSSR count). The minimum Gasteiger partial charge on any atom is -0.343 e. The van der Waals surface area contributed by atoms with E-state index in [-0.39, 0.29) is 0 Å². The lowest BCUT2D eigenvalue weighted by atomic mass is 10.3. The molecule has 21 heavy (non-hydrogen) atoms. The average molecular weight is 297 g/mol. The van der Waals surface area contributed by atoms with Crippen molar-refractivity contribution in [2.24, 2.45) is 0 Å². The summed E-state index contributed by atoms with van der Waals surface area (Å²) in [4.78, 5) is 18.9. The third-order valence-corrected chi connectivity index (χ3v) is 4.41. The van der Waals surface area contributed by atoms with Crippen LogP contribution in [0.25, 0.3) is 22.1 Å². The third kappa shape index (κ3) is 2.21. The summed E-state index contributed by atoms with van der Waals surface area (Å²) in [5, 5.41) is 0.472. The van der Waals surface area contributed by atoms with Gasteiger partial charge in [-0.25, -0.2) is 9.97 Å². The maximum atomic E-state index is 12.4. The molecule has 0 fully saturated rings. The van der Waals surface area contributed by atoms with Gasteiger partial charge in [0.15, 0.2) is 5.16 Å². The molecule has 2 N–H and O–H groups in total. The lowest BCUT2D eigenvalue weighted by Gasteiger charge is -1.99. The Bertz CT molecular complexity index is 925. The minimum absolute atomic E-state index is 0.308. The highest BCUT2D eigenvalue weighted by Gasteiger charge is 2.12. The molecule has 3 aromatic heterocycles. The maximum absolute atomic E-state index is 12.4. The summed E-state index contributed by atoms with van der Waals surface area (Å²) in [6, 6.07) is 9.47. The molecule has 0 radical (unpaired) electrons. The van der Waals surface area contributed by atoms with Crippen LogP contribution in [-0.2, 0) is 16.6 Å². The van der Waals surface area contributed by atoms with Crippen molar-refractivity contribution in [2.45, 2.75) is 10.9 Å². The van der Waals surface area contributed by atoms with Crippen LogP contribution < -0.4 is 0 Å². The summed E-state index contributed by atoms with van der Waals surface area (Å²) in [6.07, 6.45) is 3.32. The molecule has 3 heterocycles. The Kier molecular flexibility index (Phi) is 2.78. The molecule has 7 heteroatoms. The summed E-state index contributed by atoms with van der Waals surface area (Å²) in [7, 11) is -1.26. The van der Waals surface area contributed by atoms with Gasteiger partial charge in [-0.2, -0.15) is 0 Å². The number of aromatic nitrogens is 5. The fourth-order valence-electron chi connectivity index (χ4n) is 2.19. The number of benzene rings is 1. The van der Waals surface area contributed by atoms with Gasteiger partial charge in [-0.05, 0) is 18.2 Å². The van der Waals surface area contributed by atoms with Crippen LogP contribution in [0.1, 0.15) is 5.69 Å². The smallest absolute Gasteiger partial charge is 0.197 e. The van der Waals surface area contributed by atoms with E-state index in [1.807, 2.05) is 30.3 Å². The molecule has 0 aliphatic rings. The van der Waals surface area contributed by atoms with Gasteiger partial charge in [-0.1, -0.05) is 12.1 Å². The van der Waals surface area contributed by atoms with Crippen molar-refractivity contribution in [3.05, 3.63) is 48.5 Å². The minimum atomic E-state index is -1.26. The van der Waals surface area contributed by atoms with E-state index in [9.17, 15) is 4.21 Å². The van der Waals surface area contributed by atoms with Gasteiger partial charge in [0.05, 0.1) is 56.8 Å². The number of H-pyrrole nitrogens is 2. The number of fused-ring (bicyclic) bond motifs is 2. The fraction of sp³-hybridized carbons (Fsp3) is 0.0714. The summed E-state index contributed by atoms with van der Waals surface area (Å²) >= 11 is 0. The number of rotatable bonds is 3. The molecule has 104 valence electrons. The highest BCUT2D eigenvalue weighted by Crippen LogP contribution is 2.16. The Labute approximate surface area is 122 Å². The Balaban J connectivity index is 1.64. The van der Waals surface area contributed by atoms with Gasteiger partial charge in [-0.3, -0.25) is 9.19 Å². The van der Waals surface area contributed by atoms with E-state index in [4.69, 9.17) is 0 Å². The van der Waals surface area contributed by atoms with Gasteiger partial charge in [0.2, 0.25) is 0 Å². The zero-order valence-electron chi connectivity index (χ0n) is 10.9. The first-order valence-corrected chi connectivity index (χ1v) is 7.72. The molecule has 0 aliphatic carbocycles. The van der Waals surface area contributed by atoms with Crippen molar-refractivity contribution in [3.63, 3.8) is 0 Å². The van der Waals surface area contributed by atoms with Crippen LogP contribution in [0, 0.1) is 0 Å². The van der Waals surface area contributed by atoms with Crippen LogP contribution >= 0.6 is 0 Å². The highest BCUT2D eigenvalue weighted by atomic mass is 32.2. The van der Waals surface area contributed by atoms with Crippen molar-refractivity contribution in [1.29, 1.82) is 0 Å². The maximum Gasteiger partial charge on any atom is 0.197 e. The SMILES string of the molecule is O=S(Cc1cc2nc[nH]c2cn1)c1nc2ccccc2[nH]1. The molecule has 1 aromatic carbocycles. The van der Waals surface area contributed by atoms with Gasteiger partial charge in [0.25, 0.3) is 0 Å². The van der Waals surface area contributed by atoms with Gasteiger partial charge in [-0.15, -0.1) is 0 Å². The summed E-state index contributed by atoms with van der Waals surface area (Å²) < 4.78 is 12.4. The predicted octanol–water partition coefficient (Wildman–Crippen LogP) is 2.14. The quantitative estimate of drug-likeness (QED) is 0.606. The Morgan fingerprint density at radius 3 is 2.90 bits per heavy atom. The van der Waals surface area contributed by atoms with Gasteiger partial charge in [0.1, 0.15) is 0 Å². The largest absolute Gasteiger partial charge is 0.343 e. The van der Waals surface area contributed by atoms with E-state index in [1.54, 1.807) is 12.5 Å². The van der Waals surface area contributed by atoms with E-state index >= 15 is 0 Å². The monoisotopic (exact) mass is 297 g/mol. The number of nitrogens with zero attached hydrogens (tertiary/aromatic N) is 3. The van der Waals surface area contributed by atoms with Crippen LogP contribution in [-0.4, -0.2) is 29.1 Å². The van der Waals surface area contributed by atoms with Gasteiger partial charge < -0.3 is 9.97 Å².